The number of aromatic carboxylic acids is 1. The molecular weight excluding hydrogens is 635 g/mol. The number of carboxylic acid groups (broad SMARTS) is 1. The summed E-state index contributed by atoms with van der Waals surface area (Å²) in [5.41, 5.74) is 7.99. The number of fused-ring (bicyclic) bond motifs is 1. The van der Waals surface area contributed by atoms with Crippen molar-refractivity contribution < 1.29 is 32.5 Å². The van der Waals surface area contributed by atoms with Gasteiger partial charge in [-0.25, -0.2) is 27.9 Å². The van der Waals surface area contributed by atoms with Gasteiger partial charge in [-0.3, -0.25) is 4.99 Å². The highest BCUT2D eigenvalue weighted by atomic mass is 19.1. The van der Waals surface area contributed by atoms with Crippen molar-refractivity contribution >= 4 is 23.2 Å². The molecule has 0 spiro atoms. The van der Waals surface area contributed by atoms with Gasteiger partial charge < -0.3 is 24.9 Å². The number of hydrogen-bond acceptors (Lipinski definition) is 7. The van der Waals surface area contributed by atoms with Gasteiger partial charge in [-0.1, -0.05) is 24.0 Å². The van der Waals surface area contributed by atoms with E-state index in [0.29, 0.717) is 41.1 Å². The quantitative estimate of drug-likeness (QED) is 0.137. The largest absolute Gasteiger partial charge is 0.478 e. The van der Waals surface area contributed by atoms with Crippen LogP contribution in [0.15, 0.2) is 83.5 Å². The third-order valence-electron chi connectivity index (χ3n) is 7.97. The van der Waals surface area contributed by atoms with Crippen molar-refractivity contribution in [1.29, 1.82) is 0 Å². The molecule has 3 heterocycles. The molecule has 3 aromatic carbocycles. The van der Waals surface area contributed by atoms with E-state index < -0.39 is 23.4 Å². The minimum absolute atomic E-state index is 0.0444. The number of allylic oxidation sites excluding steroid dienone is 1. The number of nitrogens with zero attached hydrogens (tertiary/aromatic N) is 4. The lowest BCUT2D eigenvalue weighted by molar-refractivity contribution is -0.0589. The van der Waals surface area contributed by atoms with E-state index in [2.05, 4.69) is 26.8 Å². The number of imidazole rings is 1. The van der Waals surface area contributed by atoms with Gasteiger partial charge >= 0.3 is 5.97 Å². The third-order valence-corrected chi connectivity index (χ3v) is 7.97. The van der Waals surface area contributed by atoms with Crippen LogP contribution in [-0.4, -0.2) is 51.6 Å². The standard InChI is InChI=1S/C37H30F3N5O4/c1-42-19-23(18-41)6-5-22-7-8-25(29(38)13-22)21-49-36-4-2-3-32(44-36)28-17-30(39)26(14-31(28)40)16-35-43-33-10-9-24(37(46)47)15-34(33)45(35)20-27-11-12-48-27/h2-4,7-10,13-15,17-19,27H,11-12,16,20-21,41H2,1H3,(H,46,47)/b23-18-,42-19?. The summed E-state index contributed by atoms with van der Waals surface area (Å²) in [5.74, 6) is 3.17. The smallest absolute Gasteiger partial charge is 0.335 e. The van der Waals surface area contributed by atoms with Crippen LogP contribution in [0.25, 0.3) is 22.3 Å². The van der Waals surface area contributed by atoms with E-state index in [0.717, 1.165) is 18.6 Å². The first-order valence-corrected chi connectivity index (χ1v) is 15.3. The first-order chi connectivity index (χ1) is 23.7. The molecular formula is C37H30F3N5O4. The van der Waals surface area contributed by atoms with E-state index in [4.69, 9.17) is 15.2 Å². The van der Waals surface area contributed by atoms with Gasteiger partial charge in [0.25, 0.3) is 0 Å². The van der Waals surface area contributed by atoms with Gasteiger partial charge in [0.15, 0.2) is 0 Å². The number of benzene rings is 3. The Morgan fingerprint density at radius 1 is 1.08 bits per heavy atom. The molecule has 0 aliphatic carbocycles. The minimum atomic E-state index is -1.08. The molecule has 9 nitrogen and oxygen atoms in total. The molecule has 248 valence electrons. The average molecular weight is 666 g/mol. The van der Waals surface area contributed by atoms with Crippen molar-refractivity contribution in [2.75, 3.05) is 13.7 Å². The highest BCUT2D eigenvalue weighted by Crippen LogP contribution is 2.29. The van der Waals surface area contributed by atoms with Gasteiger partial charge in [0.1, 0.15) is 29.9 Å². The Morgan fingerprint density at radius 2 is 1.90 bits per heavy atom. The number of aliphatic imine (C=N–C) groups is 1. The van der Waals surface area contributed by atoms with E-state index in [1.165, 1.54) is 48.8 Å². The molecule has 12 heteroatoms. The fraction of sp³-hybridized carbons (Fsp3) is 0.189. The molecule has 49 heavy (non-hydrogen) atoms. The molecule has 5 aromatic rings. The van der Waals surface area contributed by atoms with Crippen LogP contribution >= 0.6 is 0 Å². The average Bonchev–Trinajstić information content (AvgIpc) is 3.41. The van der Waals surface area contributed by atoms with Gasteiger partial charge in [-0.15, -0.1) is 0 Å². The van der Waals surface area contributed by atoms with Gasteiger partial charge in [-0.05, 0) is 60.5 Å². The fourth-order valence-corrected chi connectivity index (χ4v) is 5.31. The van der Waals surface area contributed by atoms with Crippen LogP contribution in [0.2, 0.25) is 0 Å². The summed E-state index contributed by atoms with van der Waals surface area (Å²) in [6.45, 7) is 0.861. The van der Waals surface area contributed by atoms with Crippen LogP contribution in [0.3, 0.4) is 0 Å². The summed E-state index contributed by atoms with van der Waals surface area (Å²) in [6.07, 6.45) is 3.49. The maximum atomic E-state index is 15.6. The van der Waals surface area contributed by atoms with Gasteiger partial charge in [0.2, 0.25) is 5.88 Å². The Labute approximate surface area is 279 Å². The molecule has 1 aliphatic heterocycles. The van der Waals surface area contributed by atoms with Gasteiger partial charge in [-0.2, -0.15) is 0 Å². The summed E-state index contributed by atoms with van der Waals surface area (Å²) < 4.78 is 59.0. The Hall–Kier alpha value is -5.93. The number of pyridine rings is 1. The van der Waals surface area contributed by atoms with Crippen LogP contribution < -0.4 is 10.5 Å². The lowest BCUT2D eigenvalue weighted by atomic mass is 10.0. The second-order valence-corrected chi connectivity index (χ2v) is 11.2. The second-order valence-electron chi connectivity index (χ2n) is 11.2. The topological polar surface area (TPSA) is 125 Å². The zero-order chi connectivity index (χ0) is 34.5. The highest BCUT2D eigenvalue weighted by molar-refractivity contribution is 5.92. The fourth-order valence-electron chi connectivity index (χ4n) is 5.31. The predicted molar refractivity (Wildman–Crippen MR) is 178 cm³/mol. The zero-order valence-corrected chi connectivity index (χ0v) is 26.3. The SMILES string of the molecule is CN=C/C(C#Cc1ccc(COc2cccc(-c3cc(F)c(Cc4nc5ccc(C(=O)O)cc5n4CC4CCO4)cc3F)n2)c(F)c1)=C\N. The van der Waals surface area contributed by atoms with E-state index in [1.54, 1.807) is 29.8 Å². The summed E-state index contributed by atoms with van der Waals surface area (Å²) in [7, 11) is 1.59. The lowest BCUT2D eigenvalue weighted by Gasteiger charge is -2.27. The molecule has 2 aromatic heterocycles. The molecule has 0 bridgehead atoms. The third kappa shape index (κ3) is 7.47. The number of aromatic nitrogens is 3. The molecule has 0 radical (unpaired) electrons. The first-order valence-electron chi connectivity index (χ1n) is 15.3. The summed E-state index contributed by atoms with van der Waals surface area (Å²) in [4.78, 5) is 24.4. The number of carbonyl (C=O) groups is 1. The van der Waals surface area contributed by atoms with Gasteiger partial charge in [0.05, 0.1) is 40.5 Å². The molecule has 0 saturated carbocycles. The van der Waals surface area contributed by atoms with Crippen LogP contribution in [0.5, 0.6) is 5.88 Å². The lowest BCUT2D eigenvalue weighted by Crippen LogP contribution is -2.31. The monoisotopic (exact) mass is 665 g/mol. The predicted octanol–water partition coefficient (Wildman–Crippen LogP) is 6.07. The van der Waals surface area contributed by atoms with E-state index in [9.17, 15) is 14.3 Å². The number of carboxylic acids is 1. The molecule has 0 amide bonds. The molecule has 1 aliphatic rings. The molecule has 6 rings (SSSR count). The van der Waals surface area contributed by atoms with Crippen molar-refractivity contribution in [3.8, 4) is 29.0 Å². The van der Waals surface area contributed by atoms with Crippen LogP contribution in [0, 0.1) is 29.3 Å². The number of nitrogens with two attached hydrogens (primary N) is 1. The van der Waals surface area contributed by atoms with Crippen LogP contribution in [0.4, 0.5) is 13.2 Å². The summed E-state index contributed by atoms with van der Waals surface area (Å²) in [5, 5.41) is 9.49. The first kappa shape index (κ1) is 33.0. The van der Waals surface area contributed by atoms with E-state index in [1.807, 2.05) is 0 Å². The molecule has 1 fully saturated rings. The van der Waals surface area contributed by atoms with Crippen LogP contribution in [0.1, 0.15) is 39.3 Å². The number of ether oxygens (including phenoxy) is 2. The Morgan fingerprint density at radius 3 is 2.61 bits per heavy atom. The van der Waals surface area contributed by atoms with Crippen molar-refractivity contribution in [3.05, 3.63) is 124 Å². The van der Waals surface area contributed by atoms with Crippen molar-refractivity contribution in [2.24, 2.45) is 10.7 Å². The van der Waals surface area contributed by atoms with E-state index >= 15 is 8.78 Å². The summed E-state index contributed by atoms with van der Waals surface area (Å²) in [6, 6.07) is 15.8. The molecule has 1 atom stereocenters. The molecule has 1 unspecified atom stereocenters. The number of rotatable bonds is 10. The highest BCUT2D eigenvalue weighted by Gasteiger charge is 2.24. The normalized spacial score (nSPS) is 14.4. The molecule has 3 N–H and O–H groups in total. The number of halogens is 3. The molecule has 1 saturated heterocycles. The Balaban J connectivity index is 1.20. The van der Waals surface area contributed by atoms with Crippen LogP contribution in [-0.2, 0) is 24.3 Å². The van der Waals surface area contributed by atoms with Crippen molar-refractivity contribution in [2.45, 2.75) is 32.1 Å². The maximum Gasteiger partial charge on any atom is 0.335 e. The minimum Gasteiger partial charge on any atom is -0.478 e. The maximum absolute atomic E-state index is 15.6. The van der Waals surface area contributed by atoms with Crippen molar-refractivity contribution in [1.82, 2.24) is 14.5 Å². The second kappa shape index (κ2) is 14.5. The Bertz CT molecular complexity index is 2180. The Kier molecular flexibility index (Phi) is 9.73. The van der Waals surface area contributed by atoms with E-state index in [-0.39, 0.29) is 53.0 Å². The van der Waals surface area contributed by atoms with Gasteiger partial charge in [0, 0.05) is 55.2 Å². The van der Waals surface area contributed by atoms with Crippen molar-refractivity contribution in [3.63, 3.8) is 0 Å². The summed E-state index contributed by atoms with van der Waals surface area (Å²) >= 11 is 0. The zero-order valence-electron chi connectivity index (χ0n) is 26.3. The number of hydrogen-bond donors (Lipinski definition) is 2.